The van der Waals surface area contributed by atoms with Crippen molar-refractivity contribution in [1.29, 1.82) is 0 Å². The van der Waals surface area contributed by atoms with Gasteiger partial charge in [0.2, 0.25) is 0 Å². The number of hydrogen-bond donors (Lipinski definition) is 0. The van der Waals surface area contributed by atoms with E-state index in [-0.39, 0.29) is 0 Å². The first-order chi connectivity index (χ1) is 8.15. The number of rotatable bonds is 6. The van der Waals surface area contributed by atoms with Gasteiger partial charge in [-0.15, -0.1) is 0 Å². The Kier molecular flexibility index (Phi) is 6.92. The maximum absolute atomic E-state index is 10.6. The van der Waals surface area contributed by atoms with Crippen molar-refractivity contribution in [3.8, 4) is 0 Å². The van der Waals surface area contributed by atoms with Crippen molar-refractivity contribution in [3.05, 3.63) is 29.8 Å². The Labute approximate surface area is 116 Å². The zero-order valence-electron chi connectivity index (χ0n) is 9.93. The van der Waals surface area contributed by atoms with Crippen molar-refractivity contribution in [2.75, 3.05) is 12.9 Å². The molecule has 0 saturated heterocycles. The van der Waals surface area contributed by atoms with E-state index in [2.05, 4.69) is 37.9 Å². The minimum absolute atomic E-state index is 0.386. The van der Waals surface area contributed by atoms with Gasteiger partial charge in [-0.25, -0.2) is 0 Å². The average molecular weight is 289 g/mol. The van der Waals surface area contributed by atoms with Crippen LogP contribution in [0.5, 0.6) is 0 Å². The first-order valence-corrected chi connectivity index (χ1v) is 8.39. The van der Waals surface area contributed by atoms with Gasteiger partial charge in [-0.05, 0) is 30.2 Å². The van der Waals surface area contributed by atoms with E-state index in [1.807, 2.05) is 12.1 Å². The summed E-state index contributed by atoms with van der Waals surface area (Å²) in [7, 11) is 3.51. The second kappa shape index (κ2) is 7.95. The summed E-state index contributed by atoms with van der Waals surface area (Å²) in [5.74, 6) is 0.386. The molecule has 0 amide bonds. The normalized spacial score (nSPS) is 12.2. The first-order valence-electron chi connectivity index (χ1n) is 5.33. The molecule has 0 fully saturated rings. The van der Waals surface area contributed by atoms with Crippen LogP contribution in [-0.4, -0.2) is 18.2 Å². The summed E-state index contributed by atoms with van der Waals surface area (Å²) in [6, 6.07) is 8.36. The van der Waals surface area contributed by atoms with E-state index in [0.29, 0.717) is 12.5 Å². The van der Waals surface area contributed by atoms with Crippen LogP contribution in [0.2, 0.25) is 0 Å². The van der Waals surface area contributed by atoms with Crippen molar-refractivity contribution >= 4 is 39.5 Å². The molecule has 0 aliphatic heterocycles. The summed E-state index contributed by atoms with van der Waals surface area (Å²) in [4.78, 5) is 11.9. The van der Waals surface area contributed by atoms with Crippen LogP contribution in [0.25, 0.3) is 0 Å². The fourth-order valence-electron chi connectivity index (χ4n) is 1.54. The van der Waals surface area contributed by atoms with Gasteiger partial charge < -0.3 is 4.74 Å². The van der Waals surface area contributed by atoms with Gasteiger partial charge in [-0.3, -0.25) is 0 Å². The van der Waals surface area contributed by atoms with Gasteiger partial charge in [-0.1, -0.05) is 46.7 Å². The third kappa shape index (κ3) is 5.27. The lowest BCUT2D eigenvalue weighted by atomic mass is 9.98. The fraction of sp³-hybridized carbons (Fsp3) is 0.417. The molecule has 1 aromatic carbocycles. The van der Waals surface area contributed by atoms with E-state index < -0.39 is 5.30 Å². The highest BCUT2D eigenvalue weighted by molar-refractivity contribution is 8.76. The Morgan fingerprint density at radius 2 is 2.18 bits per heavy atom. The number of ether oxygens (including phenoxy) is 1. The van der Waals surface area contributed by atoms with Crippen LogP contribution >= 0.6 is 21.6 Å². The smallest absolute Gasteiger partial charge is 0.426 e. The Bertz CT molecular complexity index is 369. The average Bonchev–Trinajstić information content (AvgIpc) is 2.29. The van der Waals surface area contributed by atoms with Gasteiger partial charge in [-0.2, -0.15) is 4.79 Å². The van der Waals surface area contributed by atoms with Crippen molar-refractivity contribution in [2.24, 2.45) is 0 Å². The van der Waals surface area contributed by atoms with Crippen LogP contribution in [0.4, 0.5) is 4.79 Å². The van der Waals surface area contributed by atoms with E-state index in [1.165, 1.54) is 10.5 Å². The molecular weight excluding hydrogens is 272 g/mol. The van der Waals surface area contributed by atoms with E-state index >= 15 is 0 Å². The molecule has 0 N–H and O–H groups in total. The Hall–Kier alpha value is -0.260. The van der Waals surface area contributed by atoms with Gasteiger partial charge in [0.1, 0.15) is 0 Å². The highest BCUT2D eigenvalue weighted by Crippen LogP contribution is 2.35. The van der Waals surface area contributed by atoms with E-state index in [9.17, 15) is 4.79 Å². The molecule has 0 heterocycles. The third-order valence-electron chi connectivity index (χ3n) is 2.41. The monoisotopic (exact) mass is 289 g/mol. The maximum Gasteiger partial charge on any atom is 0.520 e. The predicted molar refractivity (Wildman–Crippen MR) is 80.3 cm³/mol. The van der Waals surface area contributed by atoms with Gasteiger partial charge in [0.15, 0.2) is 0 Å². The summed E-state index contributed by atoms with van der Waals surface area (Å²) >= 11 is 2.80. The maximum atomic E-state index is 10.6. The fourth-order valence-corrected chi connectivity index (χ4v) is 3.31. The van der Waals surface area contributed by atoms with E-state index in [1.54, 1.807) is 21.6 Å². The van der Waals surface area contributed by atoms with E-state index in [0.717, 1.165) is 6.42 Å². The Morgan fingerprint density at radius 3 is 2.82 bits per heavy atom. The highest BCUT2D eigenvalue weighted by Gasteiger charge is 2.11. The van der Waals surface area contributed by atoms with Crippen molar-refractivity contribution in [2.45, 2.75) is 24.2 Å². The summed E-state index contributed by atoms with van der Waals surface area (Å²) < 4.78 is 4.90. The van der Waals surface area contributed by atoms with Gasteiger partial charge in [0, 0.05) is 4.90 Å². The van der Waals surface area contributed by atoms with Gasteiger partial charge in [0.25, 0.3) is 0 Å². The second-order valence-corrected chi connectivity index (χ2v) is 6.46. The molecule has 0 bridgehead atoms. The SMILES string of the molecule is CSSc1ccccc1C(C)CCOC(=O)[SH2+]. The lowest BCUT2D eigenvalue weighted by molar-refractivity contribution is 0.171. The molecule has 5 heteroatoms. The van der Waals surface area contributed by atoms with Crippen LogP contribution < -0.4 is 0 Å². The number of hydrogen-bond acceptors (Lipinski definition) is 4. The molecule has 0 aliphatic carbocycles. The lowest BCUT2D eigenvalue weighted by Gasteiger charge is -2.14. The van der Waals surface area contributed by atoms with E-state index in [4.69, 9.17) is 4.74 Å². The Balaban J connectivity index is 2.60. The number of benzene rings is 1. The van der Waals surface area contributed by atoms with Crippen LogP contribution in [0.3, 0.4) is 0 Å². The van der Waals surface area contributed by atoms with Crippen molar-refractivity contribution < 1.29 is 9.53 Å². The molecule has 1 unspecified atom stereocenters. The summed E-state index contributed by atoms with van der Waals surface area (Å²) in [5.41, 5.74) is 1.32. The molecule has 0 aliphatic rings. The minimum Gasteiger partial charge on any atom is -0.426 e. The van der Waals surface area contributed by atoms with Crippen LogP contribution in [-0.2, 0) is 17.4 Å². The van der Waals surface area contributed by atoms with Gasteiger partial charge >= 0.3 is 5.30 Å². The molecule has 0 saturated carbocycles. The first kappa shape index (κ1) is 14.8. The summed E-state index contributed by atoms with van der Waals surface area (Å²) in [6.45, 7) is 2.60. The zero-order valence-corrected chi connectivity index (χ0v) is 12.6. The van der Waals surface area contributed by atoms with Crippen LogP contribution in [0.15, 0.2) is 29.2 Å². The Morgan fingerprint density at radius 1 is 1.47 bits per heavy atom. The highest BCUT2D eigenvalue weighted by atomic mass is 33.1. The quantitative estimate of drug-likeness (QED) is 0.453. The summed E-state index contributed by atoms with van der Waals surface area (Å²) in [5, 5.41) is -0.399. The number of carbonyl (C=O) groups excluding carboxylic acids is 1. The minimum atomic E-state index is -0.399. The standard InChI is InChI=1S/C12H16O2S3/c1-9(7-8-14-12(13)15)10-5-3-4-6-11(10)17-16-2/h3-6,9H,7-8H2,1-2H3,(H,13,15)/p+1. The molecular formula is C12H17O2S3+. The molecule has 1 aromatic rings. The largest absolute Gasteiger partial charge is 0.520 e. The molecule has 1 atom stereocenters. The van der Waals surface area contributed by atoms with Crippen LogP contribution in [0, 0.1) is 0 Å². The second-order valence-electron chi connectivity index (χ2n) is 3.61. The molecule has 1 rings (SSSR count). The molecule has 2 nitrogen and oxygen atoms in total. The molecule has 17 heavy (non-hydrogen) atoms. The topological polar surface area (TPSA) is 26.3 Å². The predicted octanol–water partition coefficient (Wildman–Crippen LogP) is 3.70. The molecule has 0 radical (unpaired) electrons. The van der Waals surface area contributed by atoms with Crippen molar-refractivity contribution in [1.82, 2.24) is 0 Å². The molecule has 0 aromatic heterocycles. The third-order valence-corrected chi connectivity index (χ3v) is 4.31. The molecule has 0 spiro atoms. The van der Waals surface area contributed by atoms with Gasteiger partial charge in [0.05, 0.1) is 19.2 Å². The summed E-state index contributed by atoms with van der Waals surface area (Å²) in [6.07, 6.45) is 2.90. The van der Waals surface area contributed by atoms with Crippen LogP contribution in [0.1, 0.15) is 24.8 Å². The van der Waals surface area contributed by atoms with Crippen molar-refractivity contribution in [3.63, 3.8) is 0 Å². The lowest BCUT2D eigenvalue weighted by Crippen LogP contribution is -2.04. The zero-order chi connectivity index (χ0) is 12.7. The number of carbonyl (C=O) groups is 1. The molecule has 94 valence electrons.